The Morgan fingerprint density at radius 3 is 0.762 bits per heavy atom. The Morgan fingerprint density at radius 1 is 0.146 bits per heavy atom. The first-order chi connectivity index (χ1) is 64.5. The summed E-state index contributed by atoms with van der Waals surface area (Å²) in [7, 11) is 0. The highest BCUT2D eigenvalue weighted by molar-refractivity contribution is 6.14. The molecule has 0 bridgehead atoms. The van der Waals surface area contributed by atoms with E-state index in [1.807, 2.05) is 194 Å². The summed E-state index contributed by atoms with van der Waals surface area (Å²) < 4.78 is 7.58. The molecule has 670 valence electrons. The molecule has 27 rings (SSSR count). The van der Waals surface area contributed by atoms with Gasteiger partial charge in [-0.25, -0.2) is 0 Å². The van der Waals surface area contributed by atoms with Crippen LogP contribution in [0.3, 0.4) is 0 Å². The molecule has 6 heterocycles. The van der Waals surface area contributed by atoms with Crippen molar-refractivity contribution in [3.8, 4) is 83.8 Å². The van der Waals surface area contributed by atoms with Crippen LogP contribution in [-0.2, 0) is 57.8 Å². The maximum Gasteiger partial charge on any atom is 0.0576 e. The second-order valence-corrected chi connectivity index (χ2v) is 30.4. The van der Waals surface area contributed by atoms with Crippen molar-refractivity contribution in [2.75, 3.05) is 0 Å². The molecule has 3 aromatic heterocycles. The van der Waals surface area contributed by atoms with Crippen molar-refractivity contribution in [2.24, 2.45) is 0 Å². The Kier molecular flexibility index (Phi) is 34.3. The summed E-state index contributed by atoms with van der Waals surface area (Å²) in [6.07, 6.45) is 9.27. The second-order valence-electron chi connectivity index (χ2n) is 30.4. The largest absolute Gasteiger partial charge is 0.309 e. The van der Waals surface area contributed by atoms with E-state index in [1.54, 1.807) is 0 Å². The highest BCUT2D eigenvalue weighted by Crippen LogP contribution is 2.54. The van der Waals surface area contributed by atoms with Crippen LogP contribution in [0.25, 0.3) is 149 Å². The molecule has 0 radical (unpaired) electrons. The zero-order chi connectivity index (χ0) is 93.9. The van der Waals surface area contributed by atoms with Gasteiger partial charge in [-0.05, 0) is 278 Å². The van der Waals surface area contributed by atoms with Gasteiger partial charge in [0, 0.05) is 51.6 Å². The lowest BCUT2D eigenvalue weighted by molar-refractivity contribution is 1.04. The third kappa shape index (κ3) is 16.8. The Balaban J connectivity index is 0.000000166. The first kappa shape index (κ1) is 98.3. The molecule has 0 saturated heterocycles. The minimum Gasteiger partial charge on any atom is -0.309 e. The van der Waals surface area contributed by atoms with Gasteiger partial charge in [0.25, 0.3) is 0 Å². The third-order valence-electron chi connectivity index (χ3n) is 25.2. The second kappa shape index (κ2) is 45.3. The normalized spacial score (nSPS) is 11.7. The Labute approximate surface area is 782 Å². The number of aromatic nitrogens is 3. The van der Waals surface area contributed by atoms with Gasteiger partial charge in [-0.3, -0.25) is 0 Å². The summed E-state index contributed by atoms with van der Waals surface area (Å²) in [6, 6.07) is 104. The highest BCUT2D eigenvalue weighted by Gasteiger charge is 2.35. The summed E-state index contributed by atoms with van der Waals surface area (Å²) in [6.45, 7) is 56.0. The van der Waals surface area contributed by atoms with Crippen LogP contribution in [0.2, 0.25) is 0 Å². The van der Waals surface area contributed by atoms with Crippen LogP contribution in [0.15, 0.2) is 273 Å². The number of rotatable bonds is 0. The molecule has 0 saturated carbocycles. The van der Waals surface area contributed by atoms with Crippen molar-refractivity contribution in [3.63, 3.8) is 0 Å². The van der Waals surface area contributed by atoms with E-state index in [4.69, 9.17) is 0 Å². The van der Waals surface area contributed by atoms with Gasteiger partial charge in [-0.15, -0.1) is 0 Å². The number of fused-ring (bicyclic) bond motifs is 34. The van der Waals surface area contributed by atoms with Crippen molar-refractivity contribution in [3.05, 3.63) is 373 Å². The van der Waals surface area contributed by atoms with Crippen molar-refractivity contribution in [1.29, 1.82) is 0 Å². The molecule has 9 aliphatic rings. The van der Waals surface area contributed by atoms with Crippen LogP contribution in [0, 0.1) is 0 Å². The minimum atomic E-state index is 0.999. The van der Waals surface area contributed by atoms with Crippen LogP contribution in [0.5, 0.6) is 0 Å². The molecule has 0 atom stereocenters. The topological polar surface area (TPSA) is 14.8 Å². The van der Waals surface area contributed by atoms with Crippen molar-refractivity contribution in [1.82, 2.24) is 13.7 Å². The van der Waals surface area contributed by atoms with Gasteiger partial charge in [-0.1, -0.05) is 394 Å². The van der Waals surface area contributed by atoms with Crippen molar-refractivity contribution < 1.29 is 0 Å². The van der Waals surface area contributed by atoms with Gasteiger partial charge in [0.15, 0.2) is 0 Å². The number of hydrogen-bond donors (Lipinski definition) is 0. The summed E-state index contributed by atoms with van der Waals surface area (Å²) >= 11 is 0. The van der Waals surface area contributed by atoms with Crippen molar-refractivity contribution >= 4 is 65.4 Å². The Bertz CT molecular complexity index is 6950. The Morgan fingerprint density at radius 2 is 0.385 bits per heavy atom. The van der Waals surface area contributed by atoms with E-state index in [0.29, 0.717) is 0 Å². The SMILES string of the molecule is CC.CC.CC.CC.CC.CC.CC.CC.CC.CC.CC.CC.CC.CC.c1ccc2c(c1)Cc1cc3c(cc1-2)-c1cc2c(cc1C3)-n1c3ccccc3c3cccc(c31)C2.c1ccc2c(c1)Cc1cc3c(cc1-2)Cc1cc2c(cc1-3)Cc1cccc3c4ccccc4n-2c13.c1ccc2c(c1)Cc1ccc3c(c1-2)Cc1cc2c(cc1-3)Cc1cccc3c4ccccc4n-2c13. The predicted molar refractivity (Wildman–Crippen MR) is 579 cm³/mol. The molecule has 18 aromatic rings. The first-order valence-corrected chi connectivity index (χ1v) is 50.8. The molecule has 130 heavy (non-hydrogen) atoms. The summed E-state index contributed by atoms with van der Waals surface area (Å²) in [4.78, 5) is 0. The molecule has 0 N–H and O–H groups in total. The molecule has 0 amide bonds. The standard InChI is InChI=1S/3C33H21N.14C2H6/c1-2-8-25-19(6-1)12-21-16-29-22(15-28(21)25)14-23-18-32-24(17-30(23)29)13-20-7-5-10-27-26-9-3-4-11-31(26)34(32)33(20)27;1-2-8-25-19(6-1)12-21-14-22-15-23-17-32-24(16-28(23)30(22)18-29(21)25)13-20-7-5-10-27-26-9-3-4-11-31(26)34(32)33(20)27;1-2-8-24-19(6-1)14-20-12-13-25-28-17-23-15-21-7-5-10-27-26-9-3-4-11-30(26)34(33(21)27)31(23)18-22(28)16-29(25)32(20)24;14*1-2/h1-11,15-18H,12-14H2;1-11,14,16-18H,12-13,15H2;1-13,17-18H,14-16H2;14*1-2H3. The van der Waals surface area contributed by atoms with E-state index in [9.17, 15) is 0 Å². The molecule has 3 heteroatoms. The lowest BCUT2D eigenvalue weighted by Crippen LogP contribution is -2.08. The molecule has 6 aliphatic carbocycles. The van der Waals surface area contributed by atoms with Gasteiger partial charge in [-0.2, -0.15) is 0 Å². The van der Waals surface area contributed by atoms with Crippen LogP contribution in [-0.4, -0.2) is 13.7 Å². The van der Waals surface area contributed by atoms with Gasteiger partial charge < -0.3 is 13.7 Å². The number of nitrogens with zero attached hydrogens (tertiary/aromatic N) is 3. The summed E-state index contributed by atoms with van der Waals surface area (Å²) in [5.41, 5.74) is 55.9. The molecule has 3 aliphatic heterocycles. The number of para-hydroxylation sites is 6. The smallest absolute Gasteiger partial charge is 0.0576 e. The minimum absolute atomic E-state index is 0.999. The average Bonchev–Trinajstić information content (AvgIpc) is 1.51. The lowest BCUT2D eigenvalue weighted by atomic mass is 9.92. The molecule has 0 fully saturated rings. The number of benzene rings is 15. The maximum absolute atomic E-state index is 2.53. The van der Waals surface area contributed by atoms with E-state index in [0.717, 1.165) is 57.8 Å². The van der Waals surface area contributed by atoms with Crippen LogP contribution < -0.4 is 0 Å². The summed E-state index contributed by atoms with van der Waals surface area (Å²) in [5.74, 6) is 0. The lowest BCUT2D eigenvalue weighted by Gasteiger charge is -2.22. The van der Waals surface area contributed by atoms with Crippen molar-refractivity contribution in [2.45, 2.75) is 252 Å². The fourth-order valence-corrected chi connectivity index (χ4v) is 20.9. The van der Waals surface area contributed by atoms with Gasteiger partial charge in [0.05, 0.1) is 50.2 Å². The highest BCUT2D eigenvalue weighted by atomic mass is 15.0. The van der Waals surface area contributed by atoms with E-state index >= 15 is 0 Å². The predicted octanol–water partition coefficient (Wildman–Crippen LogP) is 37.9. The molecule has 0 unspecified atom stereocenters. The number of hydrogen-bond acceptors (Lipinski definition) is 0. The quantitative estimate of drug-likeness (QED) is 0.144. The van der Waals surface area contributed by atoms with Crippen LogP contribution in [0.1, 0.15) is 294 Å². The molecular formula is C127H147N3. The Hall–Kier alpha value is -12.3. The van der Waals surface area contributed by atoms with Crippen LogP contribution in [0.4, 0.5) is 0 Å². The third-order valence-corrected chi connectivity index (χ3v) is 25.2. The first-order valence-electron chi connectivity index (χ1n) is 50.8. The zero-order valence-corrected chi connectivity index (χ0v) is 84.2. The molecule has 0 spiro atoms. The maximum atomic E-state index is 2.53. The average molecular weight is 1720 g/mol. The van der Waals surface area contributed by atoms with Gasteiger partial charge in [0.2, 0.25) is 0 Å². The molecule has 3 nitrogen and oxygen atoms in total. The molecular weight excluding hydrogens is 1570 g/mol. The monoisotopic (exact) mass is 1710 g/mol. The van der Waals surface area contributed by atoms with E-state index < -0.39 is 0 Å². The van der Waals surface area contributed by atoms with E-state index in [-0.39, 0.29) is 0 Å². The fourth-order valence-electron chi connectivity index (χ4n) is 20.9. The van der Waals surface area contributed by atoms with E-state index in [2.05, 4.69) is 287 Å². The van der Waals surface area contributed by atoms with Gasteiger partial charge in [0.1, 0.15) is 0 Å². The van der Waals surface area contributed by atoms with Gasteiger partial charge >= 0.3 is 0 Å². The van der Waals surface area contributed by atoms with E-state index in [1.165, 1.54) is 249 Å². The fraction of sp³-hybridized carbons (Fsp3) is 0.291. The van der Waals surface area contributed by atoms with Crippen LogP contribution >= 0.6 is 0 Å². The zero-order valence-electron chi connectivity index (χ0n) is 84.2. The molecule has 15 aromatic carbocycles. The summed E-state index contributed by atoms with van der Waals surface area (Å²) in [5, 5.41) is 8.18.